The molecule has 0 saturated carbocycles. The molecule has 1 N–H and O–H groups in total. The van der Waals surface area contributed by atoms with E-state index in [4.69, 9.17) is 4.74 Å². The Hall–Kier alpha value is -0.120. The highest BCUT2D eigenvalue weighted by Crippen LogP contribution is 2.32. The molecule has 0 spiro atoms. The van der Waals surface area contributed by atoms with Crippen molar-refractivity contribution in [1.82, 2.24) is 10.2 Å². The Balaban J connectivity index is 2.66. The van der Waals surface area contributed by atoms with Crippen LogP contribution in [0.4, 0.5) is 0 Å². The molecule has 0 aromatic rings. The highest BCUT2D eigenvalue weighted by atomic mass is 16.5. The molecule has 1 unspecified atom stereocenters. The second-order valence-corrected chi connectivity index (χ2v) is 6.47. The Morgan fingerprint density at radius 2 is 1.90 bits per heavy atom. The molecule has 20 heavy (non-hydrogen) atoms. The van der Waals surface area contributed by atoms with Crippen molar-refractivity contribution in [2.75, 3.05) is 39.4 Å². The van der Waals surface area contributed by atoms with E-state index >= 15 is 0 Å². The van der Waals surface area contributed by atoms with Gasteiger partial charge in [0.05, 0.1) is 0 Å². The van der Waals surface area contributed by atoms with Crippen LogP contribution in [0.2, 0.25) is 0 Å². The van der Waals surface area contributed by atoms with Crippen molar-refractivity contribution in [2.24, 2.45) is 5.41 Å². The van der Waals surface area contributed by atoms with Crippen LogP contribution in [0.5, 0.6) is 0 Å². The smallest absolute Gasteiger partial charge is 0.0472 e. The predicted molar refractivity (Wildman–Crippen MR) is 87.3 cm³/mol. The third-order valence-corrected chi connectivity index (χ3v) is 4.86. The molecular formula is C17H36N2O. The summed E-state index contributed by atoms with van der Waals surface area (Å²) in [6.45, 7) is 15.8. The Bertz CT molecular complexity index is 239. The van der Waals surface area contributed by atoms with Crippen LogP contribution in [0, 0.1) is 5.41 Å². The molecular weight excluding hydrogens is 248 g/mol. The van der Waals surface area contributed by atoms with Crippen LogP contribution in [0.1, 0.15) is 59.8 Å². The topological polar surface area (TPSA) is 24.5 Å². The molecule has 1 aliphatic rings. The van der Waals surface area contributed by atoms with E-state index in [1.807, 2.05) is 0 Å². The summed E-state index contributed by atoms with van der Waals surface area (Å²) in [5, 5.41) is 3.59. The van der Waals surface area contributed by atoms with Gasteiger partial charge in [-0.2, -0.15) is 0 Å². The second kappa shape index (κ2) is 9.75. The molecule has 1 fully saturated rings. The van der Waals surface area contributed by atoms with Gasteiger partial charge >= 0.3 is 0 Å². The van der Waals surface area contributed by atoms with Gasteiger partial charge in [-0.15, -0.1) is 0 Å². The van der Waals surface area contributed by atoms with Gasteiger partial charge < -0.3 is 15.0 Å². The lowest BCUT2D eigenvalue weighted by Gasteiger charge is -2.43. The molecule has 0 aromatic heterocycles. The maximum absolute atomic E-state index is 5.61. The Kier molecular flexibility index (Phi) is 8.74. The van der Waals surface area contributed by atoms with Crippen molar-refractivity contribution in [1.29, 1.82) is 0 Å². The van der Waals surface area contributed by atoms with E-state index in [0.29, 0.717) is 11.5 Å². The third kappa shape index (κ3) is 5.71. The van der Waals surface area contributed by atoms with Crippen LogP contribution < -0.4 is 5.32 Å². The van der Waals surface area contributed by atoms with E-state index in [2.05, 4.69) is 37.9 Å². The number of hydrogen-bond donors (Lipinski definition) is 1. The van der Waals surface area contributed by atoms with Crippen LogP contribution in [-0.2, 0) is 4.74 Å². The molecule has 0 bridgehead atoms. The standard InChI is InChI=1S/C17H36N2O/c1-5-8-11-19(16(4)6-2)15-17(14-18-7-3)9-12-20-13-10-17/h16,18H,5-15H2,1-4H3. The summed E-state index contributed by atoms with van der Waals surface area (Å²) in [5.41, 5.74) is 0.422. The lowest BCUT2D eigenvalue weighted by Crippen LogP contribution is -2.49. The van der Waals surface area contributed by atoms with E-state index in [1.54, 1.807) is 0 Å². The van der Waals surface area contributed by atoms with Crippen LogP contribution in [0.25, 0.3) is 0 Å². The zero-order valence-corrected chi connectivity index (χ0v) is 14.2. The first-order valence-electron chi connectivity index (χ1n) is 8.70. The van der Waals surface area contributed by atoms with Gasteiger partial charge in [0.2, 0.25) is 0 Å². The van der Waals surface area contributed by atoms with Crippen molar-refractivity contribution >= 4 is 0 Å². The number of nitrogens with one attached hydrogen (secondary N) is 1. The van der Waals surface area contributed by atoms with E-state index in [1.165, 1.54) is 45.2 Å². The maximum atomic E-state index is 5.61. The predicted octanol–water partition coefficient (Wildman–Crippen LogP) is 3.29. The average molecular weight is 284 g/mol. The molecule has 0 radical (unpaired) electrons. The first-order valence-corrected chi connectivity index (χ1v) is 8.70. The number of unbranched alkanes of at least 4 members (excludes halogenated alkanes) is 1. The summed E-state index contributed by atoms with van der Waals surface area (Å²) in [7, 11) is 0. The number of ether oxygens (including phenoxy) is 1. The fourth-order valence-corrected chi connectivity index (χ4v) is 3.09. The molecule has 3 nitrogen and oxygen atoms in total. The molecule has 3 heteroatoms. The molecule has 1 heterocycles. The summed E-state index contributed by atoms with van der Waals surface area (Å²) in [6, 6.07) is 0.697. The largest absolute Gasteiger partial charge is 0.381 e. The maximum Gasteiger partial charge on any atom is 0.0472 e. The molecule has 1 rings (SSSR count). The van der Waals surface area contributed by atoms with E-state index < -0.39 is 0 Å². The summed E-state index contributed by atoms with van der Waals surface area (Å²) >= 11 is 0. The quantitative estimate of drug-likeness (QED) is 0.666. The van der Waals surface area contributed by atoms with Crippen LogP contribution in [-0.4, -0.2) is 50.3 Å². The minimum atomic E-state index is 0.422. The van der Waals surface area contributed by atoms with E-state index in [-0.39, 0.29) is 0 Å². The highest BCUT2D eigenvalue weighted by molar-refractivity contribution is 4.88. The average Bonchev–Trinajstić information content (AvgIpc) is 2.49. The van der Waals surface area contributed by atoms with Gasteiger partial charge in [0.25, 0.3) is 0 Å². The van der Waals surface area contributed by atoms with Gasteiger partial charge in [0, 0.05) is 32.3 Å². The molecule has 1 atom stereocenters. The van der Waals surface area contributed by atoms with E-state index in [0.717, 1.165) is 26.3 Å². The first-order chi connectivity index (χ1) is 9.67. The molecule has 0 aliphatic carbocycles. The lowest BCUT2D eigenvalue weighted by atomic mass is 9.79. The normalized spacial score (nSPS) is 20.2. The Morgan fingerprint density at radius 1 is 1.20 bits per heavy atom. The zero-order chi connectivity index (χ0) is 14.8. The van der Waals surface area contributed by atoms with Crippen molar-refractivity contribution in [2.45, 2.75) is 65.8 Å². The summed E-state index contributed by atoms with van der Waals surface area (Å²) < 4.78 is 5.61. The Labute approximate surface area is 126 Å². The molecule has 1 saturated heterocycles. The van der Waals surface area contributed by atoms with Gasteiger partial charge in [0.15, 0.2) is 0 Å². The van der Waals surface area contributed by atoms with Gasteiger partial charge in [-0.05, 0) is 51.1 Å². The SMILES string of the molecule is CCCCN(CC1(CNCC)CCOCC1)C(C)CC. The minimum Gasteiger partial charge on any atom is -0.381 e. The number of hydrogen-bond acceptors (Lipinski definition) is 3. The second-order valence-electron chi connectivity index (χ2n) is 6.47. The van der Waals surface area contributed by atoms with Crippen LogP contribution >= 0.6 is 0 Å². The molecule has 1 aliphatic heterocycles. The van der Waals surface area contributed by atoms with E-state index in [9.17, 15) is 0 Å². The number of rotatable bonds is 10. The lowest BCUT2D eigenvalue weighted by molar-refractivity contribution is -0.0110. The highest BCUT2D eigenvalue weighted by Gasteiger charge is 2.34. The van der Waals surface area contributed by atoms with Crippen molar-refractivity contribution in [3.63, 3.8) is 0 Å². The van der Waals surface area contributed by atoms with Crippen molar-refractivity contribution in [3.8, 4) is 0 Å². The van der Waals surface area contributed by atoms with Gasteiger partial charge in [-0.1, -0.05) is 27.2 Å². The third-order valence-electron chi connectivity index (χ3n) is 4.86. The fraction of sp³-hybridized carbons (Fsp3) is 1.00. The Morgan fingerprint density at radius 3 is 2.45 bits per heavy atom. The van der Waals surface area contributed by atoms with Gasteiger partial charge in [0.1, 0.15) is 0 Å². The summed E-state index contributed by atoms with van der Waals surface area (Å²) in [4.78, 5) is 2.73. The minimum absolute atomic E-state index is 0.422. The van der Waals surface area contributed by atoms with Gasteiger partial charge in [-0.3, -0.25) is 0 Å². The molecule has 0 aromatic carbocycles. The molecule has 120 valence electrons. The van der Waals surface area contributed by atoms with Crippen molar-refractivity contribution in [3.05, 3.63) is 0 Å². The molecule has 0 amide bonds. The summed E-state index contributed by atoms with van der Waals surface area (Å²) in [6.07, 6.45) is 6.27. The monoisotopic (exact) mass is 284 g/mol. The zero-order valence-electron chi connectivity index (χ0n) is 14.2. The van der Waals surface area contributed by atoms with Crippen LogP contribution in [0.3, 0.4) is 0 Å². The van der Waals surface area contributed by atoms with Crippen LogP contribution in [0.15, 0.2) is 0 Å². The summed E-state index contributed by atoms with van der Waals surface area (Å²) in [5.74, 6) is 0. The van der Waals surface area contributed by atoms with Gasteiger partial charge in [-0.25, -0.2) is 0 Å². The first kappa shape index (κ1) is 17.9. The fourth-order valence-electron chi connectivity index (χ4n) is 3.09. The van der Waals surface area contributed by atoms with Crippen molar-refractivity contribution < 1.29 is 4.74 Å². The number of nitrogens with zero attached hydrogens (tertiary/aromatic N) is 1.